The largest absolute Gasteiger partial charge is 0.337 e. The van der Waals surface area contributed by atoms with Gasteiger partial charge in [-0.25, -0.2) is 0 Å². The van der Waals surface area contributed by atoms with Crippen LogP contribution in [0.15, 0.2) is 48.5 Å². The lowest BCUT2D eigenvalue weighted by Gasteiger charge is -2.29. The fourth-order valence-electron chi connectivity index (χ4n) is 3.25. The average molecular weight is 389 g/mol. The molecule has 0 bridgehead atoms. The molecule has 2 aromatic rings. The van der Waals surface area contributed by atoms with Gasteiger partial charge in [-0.3, -0.25) is 4.79 Å². The van der Waals surface area contributed by atoms with Crippen molar-refractivity contribution in [3.8, 4) is 0 Å². The van der Waals surface area contributed by atoms with Gasteiger partial charge in [-0.05, 0) is 66.3 Å². The molecule has 2 aromatic carbocycles. The van der Waals surface area contributed by atoms with E-state index in [4.69, 9.17) is 28.9 Å². The molecule has 0 aliphatic carbocycles. The van der Waals surface area contributed by atoms with Crippen LogP contribution in [0.5, 0.6) is 0 Å². The van der Waals surface area contributed by atoms with Crippen LogP contribution in [0.4, 0.5) is 0 Å². The molecule has 1 amide bonds. The first-order chi connectivity index (χ1) is 12.4. The molecule has 0 spiro atoms. The van der Waals surface area contributed by atoms with E-state index in [9.17, 15) is 4.79 Å². The zero-order valence-electron chi connectivity index (χ0n) is 14.7. The molecule has 1 unspecified atom stereocenters. The van der Waals surface area contributed by atoms with Crippen molar-refractivity contribution in [2.45, 2.75) is 25.8 Å². The van der Waals surface area contributed by atoms with E-state index >= 15 is 0 Å². The van der Waals surface area contributed by atoms with E-state index in [2.05, 4.69) is 13.0 Å². The minimum absolute atomic E-state index is 0.0157. The van der Waals surface area contributed by atoms with Crippen LogP contribution in [0.3, 0.4) is 0 Å². The number of halogens is 2. The number of nitrogens with two attached hydrogens (primary N) is 1. The van der Waals surface area contributed by atoms with E-state index in [1.807, 2.05) is 47.4 Å². The summed E-state index contributed by atoms with van der Waals surface area (Å²) < 4.78 is 0. The number of nitrogens with zero attached hydrogens (tertiary/aromatic N) is 1. The molecule has 136 valence electrons. The van der Waals surface area contributed by atoms with Gasteiger partial charge in [0.25, 0.3) is 0 Å². The molecule has 3 nitrogen and oxygen atoms in total. The quantitative estimate of drug-likeness (QED) is 0.838. The van der Waals surface area contributed by atoms with E-state index < -0.39 is 6.04 Å². The van der Waals surface area contributed by atoms with Gasteiger partial charge in [0.05, 0.1) is 6.04 Å². The third-order valence-electron chi connectivity index (χ3n) is 4.75. The molecule has 1 aliphatic heterocycles. The Morgan fingerprint density at radius 3 is 2.50 bits per heavy atom. The number of amides is 1. The highest BCUT2D eigenvalue weighted by atomic mass is 35.5. The lowest BCUT2D eigenvalue weighted by molar-refractivity contribution is -0.132. The van der Waals surface area contributed by atoms with Crippen molar-refractivity contribution in [1.82, 2.24) is 4.90 Å². The minimum atomic E-state index is -0.543. The number of carbonyl (C=O) groups excluding carboxylic acids is 1. The zero-order chi connectivity index (χ0) is 18.7. The van der Waals surface area contributed by atoms with Crippen LogP contribution >= 0.6 is 23.2 Å². The summed E-state index contributed by atoms with van der Waals surface area (Å²) in [6.07, 6.45) is 3.42. The molecule has 2 N–H and O–H groups in total. The van der Waals surface area contributed by atoms with Gasteiger partial charge in [0.2, 0.25) is 5.91 Å². The molecule has 0 radical (unpaired) electrons. The molecule has 0 fully saturated rings. The number of benzene rings is 2. The normalized spacial score (nSPS) is 15.5. The molecule has 0 saturated carbocycles. The van der Waals surface area contributed by atoms with Crippen LogP contribution in [0.1, 0.15) is 23.1 Å². The van der Waals surface area contributed by atoms with E-state index in [0.29, 0.717) is 24.5 Å². The Morgan fingerprint density at radius 1 is 1.15 bits per heavy atom. The van der Waals surface area contributed by atoms with E-state index in [1.165, 1.54) is 11.1 Å². The predicted molar refractivity (Wildman–Crippen MR) is 108 cm³/mol. The lowest BCUT2D eigenvalue weighted by Crippen LogP contribution is -2.46. The molecule has 3 rings (SSSR count). The van der Waals surface area contributed by atoms with Crippen molar-refractivity contribution in [2.75, 3.05) is 13.1 Å². The smallest absolute Gasteiger partial charge is 0.240 e. The summed E-state index contributed by atoms with van der Waals surface area (Å²) in [6, 6.07) is 12.8. The third-order valence-corrected chi connectivity index (χ3v) is 5.24. The Balaban J connectivity index is 1.64. The molecule has 0 saturated heterocycles. The molecular weight excluding hydrogens is 367 g/mol. The Kier molecular flexibility index (Phi) is 6.02. The van der Waals surface area contributed by atoms with E-state index in [-0.39, 0.29) is 5.91 Å². The van der Waals surface area contributed by atoms with Gasteiger partial charge in [0.1, 0.15) is 0 Å². The standard InChI is InChI=1S/C21H22Cl2N2O/c1-14-2-5-18(23)13-19(14)16-8-10-25(11-9-16)21(26)20(24)12-15-3-6-17(22)7-4-15/h2-8,13,20H,9-12,24H2,1H3. The summed E-state index contributed by atoms with van der Waals surface area (Å²) in [5.41, 5.74) is 10.8. The first kappa shape index (κ1) is 19.0. The van der Waals surface area contributed by atoms with Crippen LogP contribution < -0.4 is 5.73 Å². The third kappa shape index (κ3) is 4.47. The van der Waals surface area contributed by atoms with E-state index in [0.717, 1.165) is 22.6 Å². The van der Waals surface area contributed by atoms with Crippen LogP contribution in [-0.2, 0) is 11.2 Å². The molecule has 1 heterocycles. The topological polar surface area (TPSA) is 46.3 Å². The van der Waals surface area contributed by atoms with Gasteiger partial charge in [0, 0.05) is 23.1 Å². The summed E-state index contributed by atoms with van der Waals surface area (Å²) in [7, 11) is 0. The van der Waals surface area contributed by atoms with Crippen LogP contribution in [-0.4, -0.2) is 29.9 Å². The van der Waals surface area contributed by atoms with Gasteiger partial charge in [0.15, 0.2) is 0 Å². The predicted octanol–water partition coefficient (Wildman–Crippen LogP) is 4.49. The lowest BCUT2D eigenvalue weighted by atomic mass is 9.95. The van der Waals surface area contributed by atoms with Crippen LogP contribution in [0.25, 0.3) is 5.57 Å². The van der Waals surface area contributed by atoms with Crippen molar-refractivity contribution in [2.24, 2.45) is 5.73 Å². The van der Waals surface area contributed by atoms with Crippen molar-refractivity contribution in [3.63, 3.8) is 0 Å². The molecule has 1 aliphatic rings. The highest BCUT2D eigenvalue weighted by Gasteiger charge is 2.23. The van der Waals surface area contributed by atoms with Gasteiger partial charge in [-0.1, -0.05) is 47.5 Å². The van der Waals surface area contributed by atoms with Crippen molar-refractivity contribution in [1.29, 1.82) is 0 Å². The fraction of sp³-hybridized carbons (Fsp3) is 0.286. The highest BCUT2D eigenvalue weighted by molar-refractivity contribution is 6.31. The van der Waals surface area contributed by atoms with Crippen LogP contribution in [0.2, 0.25) is 10.0 Å². The second-order valence-corrected chi connectivity index (χ2v) is 7.53. The monoisotopic (exact) mass is 388 g/mol. The number of carbonyl (C=O) groups is 1. The summed E-state index contributed by atoms with van der Waals surface area (Å²) in [6.45, 7) is 3.32. The molecular formula is C21H22Cl2N2O. The van der Waals surface area contributed by atoms with Gasteiger partial charge in [-0.15, -0.1) is 0 Å². The maximum Gasteiger partial charge on any atom is 0.240 e. The molecule has 5 heteroatoms. The average Bonchev–Trinajstić information content (AvgIpc) is 2.65. The summed E-state index contributed by atoms with van der Waals surface area (Å²) in [5, 5.41) is 1.41. The Hall–Kier alpha value is -1.81. The molecule has 26 heavy (non-hydrogen) atoms. The Morgan fingerprint density at radius 2 is 1.85 bits per heavy atom. The Labute approximate surface area is 164 Å². The number of rotatable bonds is 4. The van der Waals surface area contributed by atoms with Crippen molar-refractivity contribution < 1.29 is 4.79 Å². The second kappa shape index (κ2) is 8.26. The summed E-state index contributed by atoms with van der Waals surface area (Å²) in [5.74, 6) is -0.0157. The van der Waals surface area contributed by atoms with Crippen LogP contribution in [0, 0.1) is 6.92 Å². The number of aryl methyl sites for hydroxylation is 1. The first-order valence-corrected chi connectivity index (χ1v) is 9.44. The number of hydrogen-bond acceptors (Lipinski definition) is 2. The van der Waals surface area contributed by atoms with Crippen molar-refractivity contribution in [3.05, 3.63) is 75.3 Å². The SMILES string of the molecule is Cc1ccc(Cl)cc1C1=CCN(C(=O)C(N)Cc2ccc(Cl)cc2)CC1. The minimum Gasteiger partial charge on any atom is -0.337 e. The van der Waals surface area contributed by atoms with Crippen molar-refractivity contribution >= 4 is 34.7 Å². The molecule has 0 aromatic heterocycles. The summed E-state index contributed by atoms with van der Waals surface area (Å²) >= 11 is 12.0. The first-order valence-electron chi connectivity index (χ1n) is 8.68. The maximum absolute atomic E-state index is 12.7. The summed E-state index contributed by atoms with van der Waals surface area (Å²) in [4.78, 5) is 14.5. The Bertz CT molecular complexity index is 830. The molecule has 1 atom stereocenters. The maximum atomic E-state index is 12.7. The highest BCUT2D eigenvalue weighted by Crippen LogP contribution is 2.28. The zero-order valence-corrected chi connectivity index (χ0v) is 16.2. The van der Waals surface area contributed by atoms with Gasteiger partial charge < -0.3 is 10.6 Å². The second-order valence-electron chi connectivity index (χ2n) is 6.66. The van der Waals surface area contributed by atoms with Gasteiger partial charge >= 0.3 is 0 Å². The van der Waals surface area contributed by atoms with E-state index in [1.54, 1.807) is 0 Å². The fourth-order valence-corrected chi connectivity index (χ4v) is 3.55. The number of hydrogen-bond donors (Lipinski definition) is 1. The van der Waals surface area contributed by atoms with Gasteiger partial charge in [-0.2, -0.15) is 0 Å².